The maximum atomic E-state index is 5.07. The first-order chi connectivity index (χ1) is 14.3. The molecule has 3 fully saturated rings. The summed E-state index contributed by atoms with van der Waals surface area (Å²) in [4.78, 5) is 16.5. The molecular weight excluding hydrogens is 364 g/mol. The van der Waals surface area contributed by atoms with Crippen LogP contribution in [0.5, 0.6) is 0 Å². The number of fused-ring (bicyclic) bond motifs is 1. The van der Waals surface area contributed by atoms with Gasteiger partial charge in [0, 0.05) is 50.5 Å². The Balaban J connectivity index is 1.35. The van der Waals surface area contributed by atoms with Crippen LogP contribution in [0.1, 0.15) is 42.0 Å². The van der Waals surface area contributed by atoms with Crippen molar-refractivity contribution in [1.29, 1.82) is 0 Å². The Morgan fingerprint density at radius 1 is 1.03 bits per heavy atom. The summed E-state index contributed by atoms with van der Waals surface area (Å²) in [7, 11) is 0. The molecule has 4 atom stereocenters. The van der Waals surface area contributed by atoms with Gasteiger partial charge in [-0.25, -0.2) is 10.4 Å². The first-order valence-corrected chi connectivity index (χ1v) is 10.7. The van der Waals surface area contributed by atoms with Gasteiger partial charge in [0.2, 0.25) is 0 Å². The number of pyridine rings is 1. The second-order valence-corrected chi connectivity index (χ2v) is 8.33. The predicted octanol–water partition coefficient (Wildman–Crippen LogP) is 0.848. The van der Waals surface area contributed by atoms with Gasteiger partial charge in [0.25, 0.3) is 0 Å². The molecule has 8 heteroatoms. The summed E-state index contributed by atoms with van der Waals surface area (Å²) in [6.45, 7) is 7.08. The molecule has 154 valence electrons. The zero-order chi connectivity index (χ0) is 19.6. The van der Waals surface area contributed by atoms with Crippen molar-refractivity contribution in [3.8, 4) is 0 Å². The lowest BCUT2D eigenvalue weighted by molar-refractivity contribution is 0.262. The molecule has 0 bridgehead atoms. The molecule has 3 saturated heterocycles. The number of aryl methyl sites for hydroxylation is 1. The fourth-order valence-electron chi connectivity index (χ4n) is 4.80. The van der Waals surface area contributed by atoms with Gasteiger partial charge in [-0.05, 0) is 38.4 Å². The highest BCUT2D eigenvalue weighted by Crippen LogP contribution is 2.37. The molecule has 0 amide bonds. The van der Waals surface area contributed by atoms with E-state index in [0.29, 0.717) is 12.0 Å². The molecule has 2 aromatic rings. The lowest BCUT2D eigenvalue weighted by atomic mass is 9.82. The van der Waals surface area contributed by atoms with E-state index in [9.17, 15) is 0 Å². The van der Waals surface area contributed by atoms with Crippen LogP contribution in [0.3, 0.4) is 0 Å². The van der Waals surface area contributed by atoms with Crippen LogP contribution in [-0.2, 0) is 0 Å². The molecule has 2 aromatic heterocycles. The molecule has 4 N–H and O–H groups in total. The number of nitrogens with zero attached hydrogens (tertiary/aromatic N) is 4. The van der Waals surface area contributed by atoms with Gasteiger partial charge >= 0.3 is 0 Å². The summed E-state index contributed by atoms with van der Waals surface area (Å²) in [6.07, 6.45) is 5.87. The maximum Gasteiger partial charge on any atom is 0.128 e. The maximum absolute atomic E-state index is 5.07. The van der Waals surface area contributed by atoms with Crippen LogP contribution in [0.4, 0.5) is 5.82 Å². The van der Waals surface area contributed by atoms with Gasteiger partial charge in [-0.1, -0.05) is 6.07 Å². The van der Waals surface area contributed by atoms with Crippen LogP contribution in [0.2, 0.25) is 0 Å². The van der Waals surface area contributed by atoms with Crippen LogP contribution in [-0.4, -0.2) is 53.7 Å². The number of anilines is 1. The highest BCUT2D eigenvalue weighted by atomic mass is 15.4. The third-order valence-corrected chi connectivity index (χ3v) is 6.33. The van der Waals surface area contributed by atoms with E-state index in [0.717, 1.165) is 68.5 Å². The van der Waals surface area contributed by atoms with Crippen LogP contribution in [0.25, 0.3) is 0 Å². The highest BCUT2D eigenvalue weighted by molar-refractivity contribution is 5.40. The fourth-order valence-corrected chi connectivity index (χ4v) is 4.80. The Morgan fingerprint density at radius 3 is 2.93 bits per heavy atom. The SMILES string of the molecule is Cc1cncc(C2CC3C(CN2)NNC3c2cccc(N3CCCNCC3)n2)n1. The summed E-state index contributed by atoms with van der Waals surface area (Å²) < 4.78 is 0. The summed E-state index contributed by atoms with van der Waals surface area (Å²) in [5.41, 5.74) is 10.1. The standard InChI is InChI=1S/C21H30N8/c1-14-11-23-12-19(25-14)17-10-15-18(13-24-17)27-28-21(15)16-4-2-5-20(26-16)29-8-3-6-22-7-9-29/h2,4-5,11-12,15,17-18,21-22,24,27-28H,3,6-10,13H2,1H3. The minimum atomic E-state index is 0.201. The number of hydrogen-bond donors (Lipinski definition) is 4. The Bertz CT molecular complexity index is 835. The Kier molecular flexibility index (Phi) is 5.41. The van der Waals surface area contributed by atoms with Crippen LogP contribution in [0.15, 0.2) is 30.6 Å². The number of piperidine rings is 1. The molecule has 5 rings (SSSR count). The topological polar surface area (TPSA) is 90.0 Å². The largest absolute Gasteiger partial charge is 0.355 e. The predicted molar refractivity (Wildman–Crippen MR) is 112 cm³/mol. The van der Waals surface area contributed by atoms with E-state index >= 15 is 0 Å². The van der Waals surface area contributed by atoms with Gasteiger partial charge in [0.15, 0.2) is 0 Å². The molecule has 8 nitrogen and oxygen atoms in total. The van der Waals surface area contributed by atoms with Crippen LogP contribution in [0, 0.1) is 12.8 Å². The summed E-state index contributed by atoms with van der Waals surface area (Å²) in [5, 5.41) is 7.10. The second kappa shape index (κ2) is 8.31. The van der Waals surface area contributed by atoms with E-state index in [2.05, 4.69) is 49.6 Å². The van der Waals surface area contributed by atoms with E-state index in [1.165, 1.54) is 0 Å². The smallest absolute Gasteiger partial charge is 0.128 e. The van der Waals surface area contributed by atoms with Gasteiger partial charge in [0.1, 0.15) is 5.82 Å². The molecule has 3 aliphatic rings. The monoisotopic (exact) mass is 394 g/mol. The number of aromatic nitrogens is 3. The van der Waals surface area contributed by atoms with Crippen molar-refractivity contribution in [2.45, 2.75) is 37.9 Å². The number of hydrogen-bond acceptors (Lipinski definition) is 8. The molecular formula is C21H30N8. The van der Waals surface area contributed by atoms with Crippen molar-refractivity contribution in [2.24, 2.45) is 5.92 Å². The summed E-state index contributed by atoms with van der Waals surface area (Å²) in [6, 6.07) is 7.27. The van der Waals surface area contributed by atoms with E-state index in [4.69, 9.17) is 9.97 Å². The van der Waals surface area contributed by atoms with E-state index in [-0.39, 0.29) is 12.1 Å². The van der Waals surface area contributed by atoms with Crippen LogP contribution >= 0.6 is 0 Å². The van der Waals surface area contributed by atoms with Crippen molar-refractivity contribution in [2.75, 3.05) is 37.6 Å². The molecule has 0 aliphatic carbocycles. The van der Waals surface area contributed by atoms with Gasteiger partial charge in [-0.3, -0.25) is 15.4 Å². The quantitative estimate of drug-likeness (QED) is 0.609. The highest BCUT2D eigenvalue weighted by Gasteiger charge is 2.42. The van der Waals surface area contributed by atoms with E-state index in [1.807, 2.05) is 19.3 Å². The number of nitrogens with one attached hydrogen (secondary N) is 4. The minimum absolute atomic E-state index is 0.201. The molecule has 3 aliphatic heterocycles. The molecule has 0 aromatic carbocycles. The summed E-state index contributed by atoms with van der Waals surface area (Å²) >= 11 is 0. The first kappa shape index (κ1) is 18.9. The average Bonchev–Trinajstić information content (AvgIpc) is 2.98. The number of hydrazine groups is 1. The first-order valence-electron chi connectivity index (χ1n) is 10.7. The molecule has 4 unspecified atom stereocenters. The van der Waals surface area contributed by atoms with Crippen molar-refractivity contribution in [3.05, 3.63) is 47.7 Å². The zero-order valence-corrected chi connectivity index (χ0v) is 16.9. The van der Waals surface area contributed by atoms with Gasteiger partial charge in [-0.15, -0.1) is 0 Å². The fraction of sp³-hybridized carbons (Fsp3) is 0.571. The van der Waals surface area contributed by atoms with Crippen molar-refractivity contribution >= 4 is 5.82 Å². The molecule has 5 heterocycles. The van der Waals surface area contributed by atoms with Crippen LogP contribution < -0.4 is 26.4 Å². The summed E-state index contributed by atoms with van der Waals surface area (Å²) in [5.74, 6) is 1.54. The zero-order valence-electron chi connectivity index (χ0n) is 16.9. The van der Waals surface area contributed by atoms with Gasteiger partial charge < -0.3 is 15.5 Å². The van der Waals surface area contributed by atoms with E-state index in [1.54, 1.807) is 0 Å². The third-order valence-electron chi connectivity index (χ3n) is 6.33. The second-order valence-electron chi connectivity index (χ2n) is 8.33. The molecule has 0 saturated carbocycles. The normalized spacial score (nSPS) is 30.0. The van der Waals surface area contributed by atoms with Crippen molar-refractivity contribution in [3.63, 3.8) is 0 Å². The lowest BCUT2D eigenvalue weighted by Crippen LogP contribution is -2.46. The van der Waals surface area contributed by atoms with Gasteiger partial charge in [-0.2, -0.15) is 0 Å². The average molecular weight is 395 g/mol. The van der Waals surface area contributed by atoms with Crippen molar-refractivity contribution < 1.29 is 0 Å². The van der Waals surface area contributed by atoms with Crippen molar-refractivity contribution in [1.82, 2.24) is 36.4 Å². The minimum Gasteiger partial charge on any atom is -0.355 e. The molecule has 0 spiro atoms. The van der Waals surface area contributed by atoms with E-state index < -0.39 is 0 Å². The number of rotatable bonds is 3. The Morgan fingerprint density at radius 2 is 2.00 bits per heavy atom. The Hall–Kier alpha value is -2.13. The third kappa shape index (κ3) is 3.98. The molecule has 0 radical (unpaired) electrons. The van der Waals surface area contributed by atoms with Gasteiger partial charge in [0.05, 0.1) is 29.2 Å². The lowest BCUT2D eigenvalue weighted by Gasteiger charge is -2.34. The Labute approximate surface area is 171 Å². The molecule has 29 heavy (non-hydrogen) atoms.